The lowest BCUT2D eigenvalue weighted by molar-refractivity contribution is -0.145. The number of hydrogen-bond donors (Lipinski definition) is 4. The fraction of sp³-hybridized carbons (Fsp3) is 0.182. The molecule has 7 nitrogen and oxygen atoms in total. The van der Waals surface area contributed by atoms with Crippen molar-refractivity contribution in [1.29, 1.82) is 0 Å². The molecule has 1 aromatic carbocycles. The van der Waals surface area contributed by atoms with E-state index < -0.39 is 47.4 Å². The van der Waals surface area contributed by atoms with Gasteiger partial charge in [-0.3, -0.25) is 9.59 Å². The van der Waals surface area contributed by atoms with E-state index in [9.17, 15) is 23.9 Å². The molecule has 8 heteroatoms. The van der Waals surface area contributed by atoms with E-state index in [1.54, 1.807) is 0 Å². The predicted octanol–water partition coefficient (Wildman–Crippen LogP) is 0.189. The number of nitrogens with one attached hydrogen (secondary N) is 1. The first-order valence-electron chi connectivity index (χ1n) is 5.05. The molecule has 0 spiro atoms. The second-order valence-electron chi connectivity index (χ2n) is 3.62. The number of phenols is 1. The van der Waals surface area contributed by atoms with Crippen LogP contribution in [0.4, 0.5) is 4.39 Å². The van der Waals surface area contributed by atoms with Crippen LogP contribution in [0.15, 0.2) is 18.2 Å². The maximum Gasteiger partial charge on any atom is 0.326 e. The van der Waals surface area contributed by atoms with Crippen molar-refractivity contribution in [3.05, 3.63) is 29.6 Å². The molecule has 102 valence electrons. The quantitative estimate of drug-likeness (QED) is 0.606. The Labute approximate surface area is 106 Å². The van der Waals surface area contributed by atoms with Crippen molar-refractivity contribution in [1.82, 2.24) is 5.32 Å². The van der Waals surface area contributed by atoms with E-state index in [-0.39, 0.29) is 0 Å². The summed E-state index contributed by atoms with van der Waals surface area (Å²) in [5.74, 6) is -5.39. The highest BCUT2D eigenvalue weighted by atomic mass is 19.1. The number of carboxylic acid groups (broad SMARTS) is 2. The van der Waals surface area contributed by atoms with Crippen LogP contribution in [-0.4, -0.2) is 39.2 Å². The van der Waals surface area contributed by atoms with E-state index in [1.165, 1.54) is 0 Å². The maximum atomic E-state index is 12.9. The molecule has 0 heterocycles. The minimum atomic E-state index is -1.67. The van der Waals surface area contributed by atoms with Crippen molar-refractivity contribution in [2.45, 2.75) is 12.5 Å². The first-order valence-corrected chi connectivity index (χ1v) is 5.05. The first kappa shape index (κ1) is 14.4. The summed E-state index contributed by atoms with van der Waals surface area (Å²) in [6.45, 7) is 0. The number of rotatable bonds is 5. The Hall–Kier alpha value is -2.64. The molecule has 0 aliphatic carbocycles. The first-order chi connectivity index (χ1) is 8.81. The summed E-state index contributed by atoms with van der Waals surface area (Å²) in [5, 5.41) is 28.5. The second kappa shape index (κ2) is 5.80. The summed E-state index contributed by atoms with van der Waals surface area (Å²) in [4.78, 5) is 32.8. The van der Waals surface area contributed by atoms with Gasteiger partial charge in [-0.25, -0.2) is 9.18 Å². The van der Waals surface area contributed by atoms with E-state index in [0.29, 0.717) is 6.07 Å². The van der Waals surface area contributed by atoms with Crippen molar-refractivity contribution in [2.75, 3.05) is 0 Å². The van der Waals surface area contributed by atoms with Crippen LogP contribution in [0.25, 0.3) is 0 Å². The molecule has 4 N–H and O–H groups in total. The molecule has 1 amide bonds. The molecule has 0 saturated carbocycles. The van der Waals surface area contributed by atoms with Gasteiger partial charge in [-0.2, -0.15) is 0 Å². The molecule has 1 rings (SSSR count). The number of benzene rings is 1. The molecule has 0 bridgehead atoms. The van der Waals surface area contributed by atoms with Crippen molar-refractivity contribution in [2.24, 2.45) is 0 Å². The lowest BCUT2D eigenvalue weighted by Crippen LogP contribution is -2.42. The van der Waals surface area contributed by atoms with Crippen LogP contribution >= 0.6 is 0 Å². The zero-order valence-corrected chi connectivity index (χ0v) is 9.46. The Morgan fingerprint density at radius 2 is 1.89 bits per heavy atom. The Kier molecular flexibility index (Phi) is 4.41. The fourth-order valence-electron chi connectivity index (χ4n) is 1.30. The number of carboxylic acids is 2. The lowest BCUT2D eigenvalue weighted by Gasteiger charge is -2.13. The number of aromatic hydroxyl groups is 1. The van der Waals surface area contributed by atoms with Crippen LogP contribution in [0.2, 0.25) is 0 Å². The van der Waals surface area contributed by atoms with Crippen molar-refractivity contribution in [3.63, 3.8) is 0 Å². The molecule has 1 unspecified atom stereocenters. The average Bonchev–Trinajstić information content (AvgIpc) is 2.30. The summed E-state index contributed by atoms with van der Waals surface area (Å²) in [6.07, 6.45) is -0.836. The summed E-state index contributed by atoms with van der Waals surface area (Å²) in [7, 11) is 0. The third kappa shape index (κ3) is 3.95. The van der Waals surface area contributed by atoms with E-state index in [2.05, 4.69) is 0 Å². The average molecular weight is 271 g/mol. The highest BCUT2D eigenvalue weighted by Crippen LogP contribution is 2.17. The van der Waals surface area contributed by atoms with Crippen LogP contribution in [-0.2, 0) is 9.59 Å². The molecular weight excluding hydrogens is 261 g/mol. The van der Waals surface area contributed by atoms with E-state index in [1.807, 2.05) is 5.32 Å². The van der Waals surface area contributed by atoms with Gasteiger partial charge in [0.1, 0.15) is 17.6 Å². The summed E-state index contributed by atoms with van der Waals surface area (Å²) in [6, 6.07) is 0.882. The van der Waals surface area contributed by atoms with Crippen LogP contribution < -0.4 is 5.32 Å². The zero-order valence-electron chi connectivity index (χ0n) is 9.46. The SMILES string of the molecule is O=C(O)CC(NC(=O)c1cc(F)ccc1O)C(=O)O. The van der Waals surface area contributed by atoms with Gasteiger partial charge < -0.3 is 20.6 Å². The zero-order chi connectivity index (χ0) is 14.6. The standard InChI is InChI=1S/C11H10FNO6/c12-5-1-2-8(14)6(3-5)10(17)13-7(11(18)19)4-9(15)16/h1-3,7,14H,4H2,(H,13,17)(H,15,16)(H,18,19). The van der Waals surface area contributed by atoms with Gasteiger partial charge in [-0.05, 0) is 18.2 Å². The molecule has 1 aromatic rings. The van der Waals surface area contributed by atoms with Crippen molar-refractivity contribution in [3.8, 4) is 5.75 Å². The smallest absolute Gasteiger partial charge is 0.326 e. The predicted molar refractivity (Wildman–Crippen MR) is 59.2 cm³/mol. The number of carbonyl (C=O) groups is 3. The highest BCUT2D eigenvalue weighted by molar-refractivity contribution is 5.99. The minimum Gasteiger partial charge on any atom is -0.507 e. The van der Waals surface area contributed by atoms with Gasteiger partial charge in [-0.1, -0.05) is 0 Å². The maximum absolute atomic E-state index is 12.9. The number of phenolic OH excluding ortho intramolecular Hbond substituents is 1. The summed E-state index contributed by atoms with van der Waals surface area (Å²) >= 11 is 0. The number of carbonyl (C=O) groups excluding carboxylic acids is 1. The van der Waals surface area contributed by atoms with Gasteiger partial charge in [0.25, 0.3) is 5.91 Å². The summed E-state index contributed by atoms with van der Waals surface area (Å²) in [5.41, 5.74) is -0.475. The molecule has 1 atom stereocenters. The monoisotopic (exact) mass is 271 g/mol. The second-order valence-corrected chi connectivity index (χ2v) is 3.62. The van der Waals surface area contributed by atoms with Crippen LogP contribution in [0.5, 0.6) is 5.75 Å². The molecule has 0 fully saturated rings. The molecule has 19 heavy (non-hydrogen) atoms. The minimum absolute atomic E-state index is 0.475. The molecule has 0 aromatic heterocycles. The Morgan fingerprint density at radius 3 is 2.42 bits per heavy atom. The van der Waals surface area contributed by atoms with Gasteiger partial charge in [0.2, 0.25) is 0 Å². The summed E-state index contributed by atoms with van der Waals surface area (Å²) < 4.78 is 12.9. The fourth-order valence-corrected chi connectivity index (χ4v) is 1.30. The molecule has 0 aliphatic heterocycles. The Morgan fingerprint density at radius 1 is 1.26 bits per heavy atom. The lowest BCUT2D eigenvalue weighted by atomic mass is 10.1. The molecule has 0 saturated heterocycles. The van der Waals surface area contributed by atoms with Gasteiger partial charge in [-0.15, -0.1) is 0 Å². The van der Waals surface area contributed by atoms with E-state index >= 15 is 0 Å². The van der Waals surface area contributed by atoms with Crippen LogP contribution in [0.1, 0.15) is 16.8 Å². The van der Waals surface area contributed by atoms with Gasteiger partial charge in [0.05, 0.1) is 12.0 Å². The third-order valence-electron chi connectivity index (χ3n) is 2.19. The Balaban J connectivity index is 2.90. The van der Waals surface area contributed by atoms with Gasteiger partial charge in [0, 0.05) is 0 Å². The van der Waals surface area contributed by atoms with Crippen LogP contribution in [0, 0.1) is 5.82 Å². The normalized spacial score (nSPS) is 11.6. The number of halogens is 1. The number of hydrogen-bond acceptors (Lipinski definition) is 4. The van der Waals surface area contributed by atoms with Crippen molar-refractivity contribution >= 4 is 17.8 Å². The molecule has 0 aliphatic rings. The molecule has 0 radical (unpaired) electrons. The Bertz CT molecular complexity index is 530. The topological polar surface area (TPSA) is 124 Å². The number of aliphatic carboxylic acids is 2. The molecular formula is C11H10FNO6. The largest absolute Gasteiger partial charge is 0.507 e. The van der Waals surface area contributed by atoms with Crippen LogP contribution in [0.3, 0.4) is 0 Å². The van der Waals surface area contributed by atoms with E-state index in [0.717, 1.165) is 12.1 Å². The van der Waals surface area contributed by atoms with E-state index in [4.69, 9.17) is 10.2 Å². The van der Waals surface area contributed by atoms with Gasteiger partial charge in [0.15, 0.2) is 0 Å². The van der Waals surface area contributed by atoms with Gasteiger partial charge >= 0.3 is 11.9 Å². The third-order valence-corrected chi connectivity index (χ3v) is 2.19. The highest BCUT2D eigenvalue weighted by Gasteiger charge is 2.24. The van der Waals surface area contributed by atoms with Crippen molar-refractivity contribution < 1.29 is 34.1 Å². The number of amides is 1.